The van der Waals surface area contributed by atoms with Crippen molar-refractivity contribution >= 4 is 5.97 Å². The van der Waals surface area contributed by atoms with Gasteiger partial charge < -0.3 is 9.67 Å². The lowest BCUT2D eigenvalue weighted by Crippen LogP contribution is -2.32. The van der Waals surface area contributed by atoms with Crippen LogP contribution in [0.4, 0.5) is 0 Å². The van der Waals surface area contributed by atoms with Gasteiger partial charge >= 0.3 is 5.97 Å². The van der Waals surface area contributed by atoms with E-state index in [1.54, 1.807) is 0 Å². The zero-order valence-electron chi connectivity index (χ0n) is 13.9. The lowest BCUT2D eigenvalue weighted by molar-refractivity contribution is -0.143. The molecule has 0 bridgehead atoms. The highest BCUT2D eigenvalue weighted by atomic mass is 16.4. The second kappa shape index (κ2) is 4.48. The van der Waals surface area contributed by atoms with Crippen LogP contribution in [0.5, 0.6) is 0 Å². The minimum absolute atomic E-state index is 0.128. The van der Waals surface area contributed by atoms with E-state index in [0.29, 0.717) is 6.42 Å². The van der Waals surface area contributed by atoms with Gasteiger partial charge in [0.2, 0.25) is 0 Å². The fourth-order valence-electron chi connectivity index (χ4n) is 4.55. The van der Waals surface area contributed by atoms with E-state index in [2.05, 4.69) is 37.5 Å². The maximum absolute atomic E-state index is 12.0. The Morgan fingerprint density at radius 3 is 2.14 bits per heavy atom. The van der Waals surface area contributed by atoms with E-state index < -0.39 is 11.4 Å². The van der Waals surface area contributed by atoms with Crippen LogP contribution in [-0.4, -0.2) is 15.6 Å². The van der Waals surface area contributed by atoms with Crippen LogP contribution < -0.4 is 0 Å². The average molecular weight is 297 g/mol. The van der Waals surface area contributed by atoms with Crippen LogP contribution in [0, 0.1) is 13.8 Å². The molecule has 0 saturated heterocycles. The molecule has 116 valence electrons. The Morgan fingerprint density at radius 2 is 1.59 bits per heavy atom. The maximum Gasteiger partial charge on any atom is 0.313 e. The number of fused-ring (bicyclic) bond motifs is 1. The molecule has 1 heterocycles. The summed E-state index contributed by atoms with van der Waals surface area (Å²) in [4.78, 5) is 12.0. The molecule has 0 saturated carbocycles. The van der Waals surface area contributed by atoms with Gasteiger partial charge in [0.15, 0.2) is 0 Å². The number of carboxylic acid groups (broad SMARTS) is 1. The van der Waals surface area contributed by atoms with Crippen molar-refractivity contribution in [3.8, 4) is 5.69 Å². The SMILES string of the molecule is Cc1c2c(c(C)n1-c1ccccc1)C(C)(C(=O)O)CC2(C)C. The molecule has 1 aliphatic rings. The third kappa shape index (κ3) is 1.78. The topological polar surface area (TPSA) is 42.2 Å². The molecule has 1 aromatic carbocycles. The lowest BCUT2D eigenvalue weighted by atomic mass is 9.79. The summed E-state index contributed by atoms with van der Waals surface area (Å²) in [5, 5.41) is 9.84. The minimum atomic E-state index is -0.812. The summed E-state index contributed by atoms with van der Waals surface area (Å²) in [6, 6.07) is 10.2. The van der Waals surface area contributed by atoms with Crippen molar-refractivity contribution in [2.24, 2.45) is 0 Å². The van der Waals surface area contributed by atoms with Gasteiger partial charge in [0.05, 0.1) is 5.41 Å². The molecule has 0 radical (unpaired) electrons. The molecule has 0 amide bonds. The number of hydrogen-bond donors (Lipinski definition) is 1. The molecule has 0 fully saturated rings. The number of aromatic nitrogens is 1. The summed E-state index contributed by atoms with van der Waals surface area (Å²) in [5.74, 6) is -0.729. The van der Waals surface area contributed by atoms with Gasteiger partial charge in [-0.05, 0) is 55.9 Å². The highest BCUT2D eigenvalue weighted by Gasteiger charge is 2.53. The normalized spacial score (nSPS) is 22.6. The smallest absolute Gasteiger partial charge is 0.313 e. The Balaban J connectivity index is 2.36. The number of aliphatic carboxylic acids is 1. The number of nitrogens with zero attached hydrogens (tertiary/aromatic N) is 1. The Labute approximate surface area is 131 Å². The van der Waals surface area contributed by atoms with Gasteiger partial charge in [0.25, 0.3) is 0 Å². The summed E-state index contributed by atoms with van der Waals surface area (Å²) < 4.78 is 2.20. The van der Waals surface area contributed by atoms with E-state index in [1.165, 1.54) is 5.56 Å². The Hall–Kier alpha value is -2.03. The van der Waals surface area contributed by atoms with Crippen LogP contribution in [0.1, 0.15) is 49.7 Å². The average Bonchev–Trinajstić information content (AvgIpc) is 2.83. The molecule has 3 rings (SSSR count). The monoisotopic (exact) mass is 297 g/mol. The van der Waals surface area contributed by atoms with Crippen molar-refractivity contribution in [2.75, 3.05) is 0 Å². The Morgan fingerprint density at radius 1 is 1.05 bits per heavy atom. The molecule has 3 heteroatoms. The van der Waals surface area contributed by atoms with Crippen LogP contribution in [-0.2, 0) is 15.6 Å². The van der Waals surface area contributed by atoms with Crippen molar-refractivity contribution < 1.29 is 9.90 Å². The highest BCUT2D eigenvalue weighted by molar-refractivity contribution is 5.84. The van der Waals surface area contributed by atoms with Gasteiger partial charge in [-0.15, -0.1) is 0 Å². The number of carboxylic acids is 1. The zero-order valence-corrected chi connectivity index (χ0v) is 13.9. The van der Waals surface area contributed by atoms with Crippen LogP contribution in [0.25, 0.3) is 5.69 Å². The molecule has 1 aromatic heterocycles. The first-order valence-electron chi connectivity index (χ1n) is 7.72. The summed E-state index contributed by atoms with van der Waals surface area (Å²) >= 11 is 0. The fourth-order valence-corrected chi connectivity index (χ4v) is 4.55. The van der Waals surface area contributed by atoms with Gasteiger partial charge in [-0.2, -0.15) is 0 Å². The third-order valence-electron chi connectivity index (χ3n) is 5.15. The maximum atomic E-state index is 12.0. The molecule has 1 N–H and O–H groups in total. The van der Waals surface area contributed by atoms with E-state index in [0.717, 1.165) is 22.6 Å². The van der Waals surface area contributed by atoms with Gasteiger partial charge in [-0.3, -0.25) is 4.79 Å². The standard InChI is InChI=1S/C19H23NO2/c1-12-15-16(19(5,17(21)22)11-18(15,3)4)13(2)20(12)14-9-7-6-8-10-14/h6-10H,11H2,1-5H3,(H,21,22). The zero-order chi connectivity index (χ0) is 16.3. The van der Waals surface area contributed by atoms with Gasteiger partial charge in [0.1, 0.15) is 0 Å². The van der Waals surface area contributed by atoms with Crippen LogP contribution in [0.15, 0.2) is 30.3 Å². The van der Waals surface area contributed by atoms with Crippen molar-refractivity contribution in [3.63, 3.8) is 0 Å². The molecule has 0 aliphatic heterocycles. The van der Waals surface area contributed by atoms with Crippen molar-refractivity contribution in [3.05, 3.63) is 52.8 Å². The Bertz CT molecular complexity index is 755. The molecule has 22 heavy (non-hydrogen) atoms. The van der Waals surface area contributed by atoms with Gasteiger partial charge in [-0.1, -0.05) is 32.0 Å². The molecule has 3 nitrogen and oxygen atoms in total. The van der Waals surface area contributed by atoms with E-state index in [4.69, 9.17) is 0 Å². The van der Waals surface area contributed by atoms with Crippen molar-refractivity contribution in [1.29, 1.82) is 0 Å². The first-order chi connectivity index (χ1) is 10.2. The number of para-hydroxylation sites is 1. The minimum Gasteiger partial charge on any atom is -0.481 e. The first-order valence-corrected chi connectivity index (χ1v) is 7.72. The summed E-state index contributed by atoms with van der Waals surface area (Å²) in [6.07, 6.45) is 0.650. The van der Waals surface area contributed by atoms with E-state index in [1.807, 2.05) is 32.0 Å². The lowest BCUT2D eigenvalue weighted by Gasteiger charge is -2.26. The van der Waals surface area contributed by atoms with Crippen molar-refractivity contribution in [2.45, 2.75) is 51.9 Å². The van der Waals surface area contributed by atoms with Gasteiger partial charge in [0, 0.05) is 17.1 Å². The summed E-state index contributed by atoms with van der Waals surface area (Å²) in [6.45, 7) is 10.3. The molecule has 1 atom stereocenters. The number of hydrogen-bond acceptors (Lipinski definition) is 1. The second-order valence-electron chi connectivity index (χ2n) is 7.29. The second-order valence-corrected chi connectivity index (χ2v) is 7.29. The number of rotatable bonds is 2. The van der Waals surface area contributed by atoms with E-state index in [9.17, 15) is 9.90 Å². The van der Waals surface area contributed by atoms with Gasteiger partial charge in [-0.25, -0.2) is 0 Å². The predicted octanol–water partition coefficient (Wildman–Crippen LogP) is 4.12. The number of carbonyl (C=O) groups is 1. The third-order valence-corrected chi connectivity index (χ3v) is 5.15. The molecular weight excluding hydrogens is 274 g/mol. The van der Waals surface area contributed by atoms with Crippen molar-refractivity contribution in [1.82, 2.24) is 4.57 Å². The summed E-state index contributed by atoms with van der Waals surface area (Å²) in [7, 11) is 0. The quantitative estimate of drug-likeness (QED) is 0.906. The Kier molecular flexibility index (Phi) is 3.03. The predicted molar refractivity (Wildman–Crippen MR) is 87.9 cm³/mol. The first kappa shape index (κ1) is 14.9. The molecular formula is C19H23NO2. The molecule has 1 unspecified atom stereocenters. The van der Waals surface area contributed by atoms with Crippen LogP contribution in [0.3, 0.4) is 0 Å². The molecule has 0 spiro atoms. The van der Waals surface area contributed by atoms with Crippen LogP contribution in [0.2, 0.25) is 0 Å². The molecule has 1 aliphatic carbocycles. The van der Waals surface area contributed by atoms with E-state index >= 15 is 0 Å². The number of benzene rings is 1. The van der Waals surface area contributed by atoms with Crippen LogP contribution >= 0.6 is 0 Å². The highest BCUT2D eigenvalue weighted by Crippen LogP contribution is 2.53. The fraction of sp³-hybridized carbons (Fsp3) is 0.421. The van der Waals surface area contributed by atoms with E-state index in [-0.39, 0.29) is 5.41 Å². The largest absolute Gasteiger partial charge is 0.481 e. The molecule has 2 aromatic rings. The summed E-state index contributed by atoms with van der Waals surface area (Å²) in [5.41, 5.74) is 4.58.